The molecular formula is C8H8N4O2. The van der Waals surface area contributed by atoms with E-state index < -0.39 is 5.97 Å². The van der Waals surface area contributed by atoms with Crippen LogP contribution < -0.4 is 5.73 Å². The average Bonchev–Trinajstić information content (AvgIpc) is 2.46. The van der Waals surface area contributed by atoms with Gasteiger partial charge in [-0.3, -0.25) is 5.10 Å². The molecule has 0 bridgehead atoms. The standard InChI is InChI=1S/C8H8N4O2/c1-3-4-2-5(8(13)14)6(9)10-7(4)12-11-3/h2H,1H3,(H,13,14)(H3,9,10,11,12). The summed E-state index contributed by atoms with van der Waals surface area (Å²) in [5.74, 6) is -1.10. The Morgan fingerprint density at radius 2 is 2.36 bits per heavy atom. The summed E-state index contributed by atoms with van der Waals surface area (Å²) in [6.07, 6.45) is 0. The predicted octanol–water partition coefficient (Wildman–Crippen LogP) is 0.547. The van der Waals surface area contributed by atoms with E-state index in [9.17, 15) is 4.79 Å². The van der Waals surface area contributed by atoms with Gasteiger partial charge in [0.05, 0.1) is 0 Å². The molecule has 2 aromatic rings. The Morgan fingerprint density at radius 3 is 3.00 bits per heavy atom. The van der Waals surface area contributed by atoms with Crippen molar-refractivity contribution in [3.63, 3.8) is 0 Å². The smallest absolute Gasteiger partial charge is 0.339 e. The number of fused-ring (bicyclic) bond motifs is 1. The second kappa shape index (κ2) is 2.69. The molecule has 0 saturated heterocycles. The number of aromatic amines is 1. The van der Waals surface area contributed by atoms with Crippen LogP contribution in [0.5, 0.6) is 0 Å². The minimum atomic E-state index is -1.09. The van der Waals surface area contributed by atoms with Crippen LogP contribution in [-0.4, -0.2) is 26.3 Å². The molecule has 6 heteroatoms. The number of H-pyrrole nitrogens is 1. The number of aromatic nitrogens is 3. The third-order valence-corrected chi connectivity index (χ3v) is 2.00. The monoisotopic (exact) mass is 192 g/mol. The van der Waals surface area contributed by atoms with Crippen LogP contribution in [0.3, 0.4) is 0 Å². The molecule has 0 radical (unpaired) electrons. The number of carboxylic acids is 1. The van der Waals surface area contributed by atoms with Crippen LogP contribution in [0.25, 0.3) is 11.0 Å². The normalized spacial score (nSPS) is 10.6. The van der Waals surface area contributed by atoms with Gasteiger partial charge in [0, 0.05) is 11.1 Å². The molecule has 4 N–H and O–H groups in total. The predicted molar refractivity (Wildman–Crippen MR) is 50.0 cm³/mol. The third kappa shape index (κ3) is 1.08. The van der Waals surface area contributed by atoms with Gasteiger partial charge in [0.2, 0.25) is 0 Å². The summed E-state index contributed by atoms with van der Waals surface area (Å²) >= 11 is 0. The minimum Gasteiger partial charge on any atom is -0.478 e. The van der Waals surface area contributed by atoms with E-state index in [4.69, 9.17) is 10.8 Å². The first-order chi connectivity index (χ1) is 6.59. The second-order valence-corrected chi connectivity index (χ2v) is 2.95. The molecule has 72 valence electrons. The molecule has 0 aliphatic rings. The van der Waals surface area contributed by atoms with Gasteiger partial charge >= 0.3 is 5.97 Å². The van der Waals surface area contributed by atoms with Gasteiger partial charge in [-0.25, -0.2) is 9.78 Å². The number of nitrogens with zero attached hydrogens (tertiary/aromatic N) is 2. The Labute approximate surface area is 78.8 Å². The van der Waals surface area contributed by atoms with Crippen LogP contribution in [0.4, 0.5) is 5.82 Å². The van der Waals surface area contributed by atoms with Crippen molar-refractivity contribution in [2.45, 2.75) is 6.92 Å². The maximum Gasteiger partial charge on any atom is 0.339 e. The Balaban J connectivity index is 2.80. The molecule has 0 spiro atoms. The van der Waals surface area contributed by atoms with Gasteiger partial charge in [-0.2, -0.15) is 5.10 Å². The first kappa shape index (κ1) is 8.49. The molecule has 0 aliphatic carbocycles. The van der Waals surface area contributed by atoms with Crippen LogP contribution >= 0.6 is 0 Å². The molecule has 2 aromatic heterocycles. The maximum absolute atomic E-state index is 10.7. The summed E-state index contributed by atoms with van der Waals surface area (Å²) in [6.45, 7) is 1.79. The number of hydrogen-bond donors (Lipinski definition) is 3. The van der Waals surface area contributed by atoms with E-state index in [1.807, 2.05) is 0 Å². The summed E-state index contributed by atoms with van der Waals surface area (Å²) < 4.78 is 0. The molecule has 2 heterocycles. The number of aryl methyl sites for hydroxylation is 1. The number of nitrogens with one attached hydrogen (secondary N) is 1. The van der Waals surface area contributed by atoms with Gasteiger partial charge in [-0.15, -0.1) is 0 Å². The van der Waals surface area contributed by atoms with Crippen molar-refractivity contribution in [2.75, 3.05) is 5.73 Å². The van der Waals surface area contributed by atoms with E-state index in [-0.39, 0.29) is 11.4 Å². The largest absolute Gasteiger partial charge is 0.478 e. The molecule has 0 saturated carbocycles. The van der Waals surface area contributed by atoms with Crippen LogP contribution in [0.1, 0.15) is 16.1 Å². The number of carbonyl (C=O) groups is 1. The van der Waals surface area contributed by atoms with Crippen molar-refractivity contribution in [3.05, 3.63) is 17.3 Å². The number of anilines is 1. The summed E-state index contributed by atoms with van der Waals surface area (Å²) in [4.78, 5) is 14.6. The van der Waals surface area contributed by atoms with E-state index in [0.717, 1.165) is 5.69 Å². The third-order valence-electron chi connectivity index (χ3n) is 2.00. The van der Waals surface area contributed by atoms with E-state index in [2.05, 4.69) is 15.2 Å². The van der Waals surface area contributed by atoms with Crippen molar-refractivity contribution in [2.24, 2.45) is 0 Å². The first-order valence-electron chi connectivity index (χ1n) is 3.94. The van der Waals surface area contributed by atoms with Crippen molar-refractivity contribution < 1.29 is 9.90 Å². The zero-order valence-electron chi connectivity index (χ0n) is 7.40. The second-order valence-electron chi connectivity index (χ2n) is 2.95. The summed E-state index contributed by atoms with van der Waals surface area (Å²) in [5, 5.41) is 16.1. The highest BCUT2D eigenvalue weighted by Gasteiger charge is 2.13. The zero-order chi connectivity index (χ0) is 10.3. The summed E-state index contributed by atoms with van der Waals surface area (Å²) in [5.41, 5.74) is 6.66. The maximum atomic E-state index is 10.7. The zero-order valence-corrected chi connectivity index (χ0v) is 7.40. The van der Waals surface area contributed by atoms with Crippen molar-refractivity contribution in [1.82, 2.24) is 15.2 Å². The Morgan fingerprint density at radius 1 is 1.64 bits per heavy atom. The average molecular weight is 192 g/mol. The lowest BCUT2D eigenvalue weighted by molar-refractivity contribution is 0.0698. The van der Waals surface area contributed by atoms with Crippen LogP contribution in [0.2, 0.25) is 0 Å². The fraction of sp³-hybridized carbons (Fsp3) is 0.125. The van der Waals surface area contributed by atoms with Gasteiger partial charge in [-0.1, -0.05) is 0 Å². The number of hydrogen-bond acceptors (Lipinski definition) is 4. The van der Waals surface area contributed by atoms with Gasteiger partial charge in [0.1, 0.15) is 11.4 Å². The molecule has 0 atom stereocenters. The molecular weight excluding hydrogens is 184 g/mol. The number of nitrogens with two attached hydrogens (primary N) is 1. The number of pyridine rings is 1. The molecule has 14 heavy (non-hydrogen) atoms. The van der Waals surface area contributed by atoms with Gasteiger partial charge < -0.3 is 10.8 Å². The molecule has 0 amide bonds. The highest BCUT2D eigenvalue weighted by Crippen LogP contribution is 2.18. The SMILES string of the molecule is Cc1[nH]nc2nc(N)c(C(=O)O)cc12. The number of nitrogen functional groups attached to an aromatic ring is 1. The number of aromatic carboxylic acids is 1. The lowest BCUT2D eigenvalue weighted by Crippen LogP contribution is -2.04. The number of rotatable bonds is 1. The van der Waals surface area contributed by atoms with Gasteiger partial charge in [0.25, 0.3) is 0 Å². The van der Waals surface area contributed by atoms with Crippen LogP contribution in [-0.2, 0) is 0 Å². The van der Waals surface area contributed by atoms with Crippen LogP contribution in [0, 0.1) is 6.92 Å². The highest BCUT2D eigenvalue weighted by atomic mass is 16.4. The van der Waals surface area contributed by atoms with Crippen LogP contribution in [0.15, 0.2) is 6.07 Å². The summed E-state index contributed by atoms with van der Waals surface area (Å²) in [6, 6.07) is 1.47. The Hall–Kier alpha value is -2.11. The Kier molecular flexibility index (Phi) is 1.63. The highest BCUT2D eigenvalue weighted by molar-refractivity contribution is 5.97. The summed E-state index contributed by atoms with van der Waals surface area (Å²) in [7, 11) is 0. The fourth-order valence-corrected chi connectivity index (χ4v) is 1.25. The molecule has 0 aliphatic heterocycles. The quantitative estimate of drug-likeness (QED) is 0.611. The van der Waals surface area contributed by atoms with Crippen molar-refractivity contribution in [3.8, 4) is 0 Å². The molecule has 6 nitrogen and oxygen atoms in total. The molecule has 0 fully saturated rings. The molecule has 0 aromatic carbocycles. The molecule has 0 unspecified atom stereocenters. The van der Waals surface area contributed by atoms with E-state index in [1.54, 1.807) is 6.92 Å². The van der Waals surface area contributed by atoms with Crippen molar-refractivity contribution >= 4 is 22.8 Å². The number of carboxylic acid groups (broad SMARTS) is 1. The first-order valence-corrected chi connectivity index (χ1v) is 3.94. The Bertz CT molecular complexity index is 517. The van der Waals surface area contributed by atoms with Gasteiger partial charge in [-0.05, 0) is 13.0 Å². The van der Waals surface area contributed by atoms with E-state index in [0.29, 0.717) is 11.0 Å². The van der Waals surface area contributed by atoms with Crippen molar-refractivity contribution in [1.29, 1.82) is 0 Å². The molecule has 2 rings (SSSR count). The lowest BCUT2D eigenvalue weighted by atomic mass is 10.2. The fourth-order valence-electron chi connectivity index (χ4n) is 1.25. The van der Waals surface area contributed by atoms with Gasteiger partial charge in [0.15, 0.2) is 5.65 Å². The lowest BCUT2D eigenvalue weighted by Gasteiger charge is -1.98. The van der Waals surface area contributed by atoms with E-state index in [1.165, 1.54) is 6.07 Å². The minimum absolute atomic E-state index is 0.00185. The topological polar surface area (TPSA) is 105 Å². The van der Waals surface area contributed by atoms with E-state index >= 15 is 0 Å².